The SMILES string of the molecule is Bc1ccc(N(c2ccccc2)c2ccccc2)cc1.O.O. The van der Waals surface area contributed by atoms with E-state index >= 15 is 0 Å². The van der Waals surface area contributed by atoms with Gasteiger partial charge in [0.05, 0.1) is 0 Å². The van der Waals surface area contributed by atoms with Crippen LogP contribution < -0.4 is 10.4 Å². The lowest BCUT2D eigenvalue weighted by molar-refractivity contribution is 0.823. The highest BCUT2D eigenvalue weighted by molar-refractivity contribution is 6.32. The van der Waals surface area contributed by atoms with Crippen molar-refractivity contribution in [1.82, 2.24) is 0 Å². The fourth-order valence-electron chi connectivity index (χ4n) is 2.30. The minimum atomic E-state index is 0. The topological polar surface area (TPSA) is 66.2 Å². The van der Waals surface area contributed by atoms with Crippen molar-refractivity contribution in [2.75, 3.05) is 4.90 Å². The molecule has 0 aliphatic carbocycles. The van der Waals surface area contributed by atoms with Crippen LogP contribution in [0.1, 0.15) is 0 Å². The third-order valence-electron chi connectivity index (χ3n) is 3.32. The third-order valence-corrected chi connectivity index (χ3v) is 3.32. The fraction of sp³-hybridized carbons (Fsp3) is 0. The molecule has 0 heterocycles. The van der Waals surface area contributed by atoms with Crippen LogP contribution in [0.3, 0.4) is 0 Å². The molecule has 0 bridgehead atoms. The van der Waals surface area contributed by atoms with E-state index in [1.165, 1.54) is 22.5 Å². The summed E-state index contributed by atoms with van der Waals surface area (Å²) in [4.78, 5) is 2.26. The normalized spacial score (nSPS) is 9.27. The zero-order chi connectivity index (χ0) is 13.8. The number of hydrogen-bond donors (Lipinski definition) is 0. The van der Waals surface area contributed by atoms with Gasteiger partial charge in [0.25, 0.3) is 0 Å². The van der Waals surface area contributed by atoms with E-state index in [-0.39, 0.29) is 11.0 Å². The van der Waals surface area contributed by atoms with Crippen LogP contribution in [0.4, 0.5) is 17.1 Å². The van der Waals surface area contributed by atoms with Crippen molar-refractivity contribution in [3.63, 3.8) is 0 Å². The Labute approximate surface area is 131 Å². The van der Waals surface area contributed by atoms with Crippen molar-refractivity contribution in [3.8, 4) is 0 Å². The molecule has 22 heavy (non-hydrogen) atoms. The molecule has 0 fully saturated rings. The van der Waals surface area contributed by atoms with Crippen LogP contribution in [-0.4, -0.2) is 18.8 Å². The van der Waals surface area contributed by atoms with E-state index < -0.39 is 0 Å². The number of benzene rings is 3. The highest BCUT2D eigenvalue weighted by Gasteiger charge is 2.10. The molecular weight excluding hydrogens is 273 g/mol. The van der Waals surface area contributed by atoms with Crippen LogP contribution in [0.15, 0.2) is 84.9 Å². The van der Waals surface area contributed by atoms with Crippen LogP contribution in [0.5, 0.6) is 0 Å². The van der Waals surface area contributed by atoms with Gasteiger partial charge in [-0.05, 0) is 36.4 Å². The van der Waals surface area contributed by atoms with Crippen molar-refractivity contribution >= 4 is 30.4 Å². The Balaban J connectivity index is 0.00000121. The average molecular weight is 293 g/mol. The standard InChI is InChI=1S/C18H16BN.2H2O/c19-15-11-13-18(14-12-15)20(16-7-3-1-4-8-16)17-9-5-2-6-10-17;;/h1-14H,19H2;2*1H2. The largest absolute Gasteiger partial charge is 0.412 e. The lowest BCUT2D eigenvalue weighted by Crippen LogP contribution is -2.11. The number of anilines is 3. The van der Waals surface area contributed by atoms with Crippen LogP contribution in [0.25, 0.3) is 0 Å². The molecule has 4 N–H and O–H groups in total. The molecule has 0 amide bonds. The second-order valence-electron chi connectivity index (χ2n) is 4.84. The average Bonchev–Trinajstić information content (AvgIpc) is 2.52. The van der Waals surface area contributed by atoms with Gasteiger partial charge in [0.2, 0.25) is 0 Å². The van der Waals surface area contributed by atoms with Crippen molar-refractivity contribution in [2.24, 2.45) is 0 Å². The van der Waals surface area contributed by atoms with Crippen molar-refractivity contribution in [3.05, 3.63) is 84.9 Å². The summed E-state index contributed by atoms with van der Waals surface area (Å²) in [5.41, 5.74) is 4.79. The Bertz CT molecular complexity index is 633. The van der Waals surface area contributed by atoms with E-state index in [1.807, 2.05) is 12.1 Å². The molecule has 0 atom stereocenters. The smallest absolute Gasteiger partial charge is 0.139 e. The first kappa shape index (κ1) is 17.5. The van der Waals surface area contributed by atoms with Crippen molar-refractivity contribution < 1.29 is 11.0 Å². The van der Waals surface area contributed by atoms with Gasteiger partial charge in [-0.3, -0.25) is 0 Å². The van der Waals surface area contributed by atoms with Crippen LogP contribution >= 0.6 is 0 Å². The molecule has 0 spiro atoms. The minimum absolute atomic E-state index is 0. The molecule has 3 nitrogen and oxygen atoms in total. The Morgan fingerprint density at radius 2 is 0.864 bits per heavy atom. The summed E-state index contributed by atoms with van der Waals surface area (Å²) in [5.74, 6) is 0. The lowest BCUT2D eigenvalue weighted by Gasteiger charge is -2.25. The lowest BCUT2D eigenvalue weighted by atomic mass is 9.96. The van der Waals surface area contributed by atoms with E-state index in [1.54, 1.807) is 0 Å². The molecule has 3 aromatic rings. The molecule has 4 heteroatoms. The number of rotatable bonds is 3. The molecule has 3 aromatic carbocycles. The van der Waals surface area contributed by atoms with Crippen molar-refractivity contribution in [2.45, 2.75) is 0 Å². The molecule has 0 radical (unpaired) electrons. The van der Waals surface area contributed by atoms with Crippen LogP contribution in [-0.2, 0) is 0 Å². The van der Waals surface area contributed by atoms with E-state index in [0.717, 1.165) is 0 Å². The van der Waals surface area contributed by atoms with E-state index in [4.69, 9.17) is 0 Å². The highest BCUT2D eigenvalue weighted by Crippen LogP contribution is 2.33. The van der Waals surface area contributed by atoms with Gasteiger partial charge in [0.1, 0.15) is 7.85 Å². The maximum absolute atomic E-state index is 2.26. The molecule has 0 aliphatic rings. The molecule has 0 saturated heterocycles. The number of hydrogen-bond acceptors (Lipinski definition) is 1. The highest BCUT2D eigenvalue weighted by atomic mass is 16.0. The fourth-order valence-corrected chi connectivity index (χ4v) is 2.30. The Kier molecular flexibility index (Phi) is 6.38. The van der Waals surface area contributed by atoms with Gasteiger partial charge >= 0.3 is 0 Å². The van der Waals surface area contributed by atoms with E-state index in [9.17, 15) is 0 Å². The van der Waals surface area contributed by atoms with Gasteiger partial charge in [-0.15, -0.1) is 0 Å². The van der Waals surface area contributed by atoms with Crippen molar-refractivity contribution in [1.29, 1.82) is 0 Å². The Morgan fingerprint density at radius 3 is 1.27 bits per heavy atom. The van der Waals surface area contributed by atoms with Crippen LogP contribution in [0, 0.1) is 0 Å². The first-order valence-electron chi connectivity index (χ1n) is 6.81. The Morgan fingerprint density at radius 1 is 0.500 bits per heavy atom. The maximum Gasteiger partial charge on any atom is 0.139 e. The van der Waals surface area contributed by atoms with Gasteiger partial charge in [-0.25, -0.2) is 0 Å². The first-order valence-corrected chi connectivity index (χ1v) is 6.81. The number of nitrogens with zero attached hydrogens (tertiary/aromatic N) is 1. The van der Waals surface area contributed by atoms with Crippen LogP contribution in [0.2, 0.25) is 0 Å². The quantitative estimate of drug-likeness (QED) is 0.679. The zero-order valence-corrected chi connectivity index (χ0v) is 12.5. The molecule has 0 aromatic heterocycles. The third kappa shape index (κ3) is 3.76. The molecule has 3 rings (SSSR count). The van der Waals surface area contributed by atoms with Gasteiger partial charge in [-0.1, -0.05) is 54.0 Å². The predicted molar refractivity (Wildman–Crippen MR) is 96.5 cm³/mol. The summed E-state index contributed by atoms with van der Waals surface area (Å²) in [7, 11) is 2.11. The minimum Gasteiger partial charge on any atom is -0.412 e. The van der Waals surface area contributed by atoms with Gasteiger partial charge in [0.15, 0.2) is 0 Å². The van der Waals surface area contributed by atoms with Gasteiger partial charge < -0.3 is 15.9 Å². The molecule has 0 saturated carbocycles. The monoisotopic (exact) mass is 293 g/mol. The molecule has 0 aliphatic heterocycles. The molecular formula is C18H20BNO2. The first-order chi connectivity index (χ1) is 9.84. The second kappa shape index (κ2) is 8.03. The zero-order valence-electron chi connectivity index (χ0n) is 12.5. The summed E-state index contributed by atoms with van der Waals surface area (Å²) in [6.07, 6.45) is 0. The summed E-state index contributed by atoms with van der Waals surface area (Å²) < 4.78 is 0. The Hall–Kier alpha value is -2.56. The maximum atomic E-state index is 2.26. The van der Waals surface area contributed by atoms with E-state index in [0.29, 0.717) is 0 Å². The van der Waals surface area contributed by atoms with E-state index in [2.05, 4.69) is 85.5 Å². The summed E-state index contributed by atoms with van der Waals surface area (Å²) >= 11 is 0. The second-order valence-corrected chi connectivity index (χ2v) is 4.84. The predicted octanol–water partition coefficient (Wildman–Crippen LogP) is 1.77. The molecule has 0 unspecified atom stereocenters. The number of para-hydroxylation sites is 2. The van der Waals surface area contributed by atoms with Gasteiger partial charge in [0, 0.05) is 17.1 Å². The summed E-state index contributed by atoms with van der Waals surface area (Å²) in [6.45, 7) is 0. The summed E-state index contributed by atoms with van der Waals surface area (Å²) in [6, 6.07) is 29.5. The summed E-state index contributed by atoms with van der Waals surface area (Å²) in [5, 5.41) is 0. The van der Waals surface area contributed by atoms with Gasteiger partial charge in [-0.2, -0.15) is 0 Å². The molecule has 112 valence electrons.